The predicted molar refractivity (Wildman–Crippen MR) is 122 cm³/mol. The summed E-state index contributed by atoms with van der Waals surface area (Å²) in [5, 5.41) is 6.49. The fraction of sp³-hybridized carbons (Fsp3) is 0. The summed E-state index contributed by atoms with van der Waals surface area (Å²) in [5.74, 6) is -0.581. The summed E-state index contributed by atoms with van der Waals surface area (Å²) >= 11 is 13.3. The minimum Gasteiger partial charge on any atom is -0.288 e. The second kappa shape index (κ2) is 8.67. The lowest BCUT2D eigenvalue weighted by molar-refractivity contribution is 0.0955. The molecule has 0 spiro atoms. The van der Waals surface area contributed by atoms with Crippen molar-refractivity contribution in [3.63, 3.8) is 0 Å². The van der Waals surface area contributed by atoms with Gasteiger partial charge < -0.3 is 0 Å². The molecule has 8 nitrogen and oxygen atoms in total. The third kappa shape index (κ3) is 4.72. The number of nitrogens with zero attached hydrogens (tertiary/aromatic N) is 3. The molecule has 0 unspecified atom stereocenters. The second-order valence-electron chi connectivity index (χ2n) is 6.18. The summed E-state index contributed by atoms with van der Waals surface area (Å²) in [5.41, 5.74) is 3.35. The van der Waals surface area contributed by atoms with Crippen molar-refractivity contribution in [1.29, 1.82) is 0 Å². The highest BCUT2D eigenvalue weighted by Gasteiger charge is 2.17. The molecule has 2 aromatic carbocycles. The average Bonchev–Trinajstić information content (AvgIpc) is 3.31. The van der Waals surface area contributed by atoms with Gasteiger partial charge in [-0.3, -0.25) is 13.9 Å². The number of sulfonamides is 1. The van der Waals surface area contributed by atoms with Crippen LogP contribution >= 0.6 is 34.5 Å². The number of imidazole rings is 1. The van der Waals surface area contributed by atoms with Crippen molar-refractivity contribution in [3.8, 4) is 0 Å². The molecule has 0 aliphatic rings. The van der Waals surface area contributed by atoms with Gasteiger partial charge >= 0.3 is 0 Å². The highest BCUT2D eigenvalue weighted by molar-refractivity contribution is 7.92. The van der Waals surface area contributed by atoms with Gasteiger partial charge in [0.25, 0.3) is 15.9 Å². The Kier molecular flexibility index (Phi) is 5.96. The second-order valence-corrected chi connectivity index (χ2v) is 9.53. The quantitative estimate of drug-likeness (QED) is 0.309. The van der Waals surface area contributed by atoms with Crippen LogP contribution in [-0.2, 0) is 10.0 Å². The molecular formula is C19H13Cl2N5O3S2. The van der Waals surface area contributed by atoms with Crippen LogP contribution in [0, 0.1) is 0 Å². The molecule has 158 valence electrons. The first-order valence-electron chi connectivity index (χ1n) is 8.66. The van der Waals surface area contributed by atoms with Gasteiger partial charge in [0.15, 0.2) is 10.1 Å². The fourth-order valence-electron chi connectivity index (χ4n) is 2.65. The Labute approximate surface area is 191 Å². The van der Waals surface area contributed by atoms with Crippen molar-refractivity contribution in [3.05, 3.63) is 81.5 Å². The SMILES string of the molecule is O=C(N/N=C/c1c(Cl)nc2sccn12)c1cccc(S(=O)(=O)Nc2ccc(Cl)cc2)c1. The van der Waals surface area contributed by atoms with E-state index in [4.69, 9.17) is 23.2 Å². The number of anilines is 1. The van der Waals surface area contributed by atoms with Crippen LogP contribution in [-0.4, -0.2) is 29.9 Å². The maximum Gasteiger partial charge on any atom is 0.271 e. The Balaban J connectivity index is 1.49. The molecular weight excluding hydrogens is 481 g/mol. The molecule has 0 fully saturated rings. The number of halogens is 2. The minimum atomic E-state index is -3.90. The van der Waals surface area contributed by atoms with E-state index in [0.717, 1.165) is 0 Å². The van der Waals surface area contributed by atoms with Gasteiger partial charge in [-0.15, -0.1) is 11.3 Å². The van der Waals surface area contributed by atoms with Crippen LogP contribution in [0.1, 0.15) is 16.1 Å². The molecule has 0 saturated carbocycles. The van der Waals surface area contributed by atoms with Gasteiger partial charge in [0.05, 0.1) is 11.1 Å². The van der Waals surface area contributed by atoms with Gasteiger partial charge in [-0.25, -0.2) is 18.8 Å². The molecule has 0 bridgehead atoms. The van der Waals surface area contributed by atoms with Gasteiger partial charge in [-0.1, -0.05) is 29.3 Å². The molecule has 2 N–H and O–H groups in total. The van der Waals surface area contributed by atoms with Gasteiger partial charge in [-0.2, -0.15) is 5.10 Å². The monoisotopic (exact) mass is 493 g/mol. The van der Waals surface area contributed by atoms with E-state index in [1.54, 1.807) is 22.7 Å². The highest BCUT2D eigenvalue weighted by Crippen LogP contribution is 2.20. The first kappa shape index (κ1) is 21.3. The number of carbonyl (C=O) groups excluding carboxylic acids is 1. The van der Waals surface area contributed by atoms with Crippen molar-refractivity contribution in [2.75, 3.05) is 4.72 Å². The standard InChI is InChI=1S/C19H13Cl2N5O3S2/c20-13-4-6-14(7-5-13)25-31(28,29)15-3-1-2-12(10-15)18(27)24-22-11-16-17(21)23-19-26(16)8-9-30-19/h1-11,25H,(H,24,27)/b22-11+. The lowest BCUT2D eigenvalue weighted by Gasteiger charge is -2.09. The van der Waals surface area contributed by atoms with Crippen molar-refractivity contribution in [2.45, 2.75) is 4.90 Å². The third-order valence-electron chi connectivity index (χ3n) is 4.11. The van der Waals surface area contributed by atoms with Gasteiger partial charge in [0.2, 0.25) is 0 Å². The van der Waals surface area contributed by atoms with E-state index in [9.17, 15) is 13.2 Å². The highest BCUT2D eigenvalue weighted by atomic mass is 35.5. The number of rotatable bonds is 6. The van der Waals surface area contributed by atoms with E-state index in [0.29, 0.717) is 21.4 Å². The summed E-state index contributed by atoms with van der Waals surface area (Å²) in [4.78, 5) is 17.2. The zero-order chi connectivity index (χ0) is 22.0. The van der Waals surface area contributed by atoms with Crippen molar-refractivity contribution < 1.29 is 13.2 Å². The van der Waals surface area contributed by atoms with Gasteiger partial charge in [0.1, 0.15) is 5.69 Å². The lowest BCUT2D eigenvalue weighted by Crippen LogP contribution is -2.19. The molecule has 1 amide bonds. The Hall–Kier alpha value is -2.92. The molecule has 0 aliphatic heterocycles. The molecule has 0 saturated heterocycles. The van der Waals surface area contributed by atoms with Crippen LogP contribution in [0.3, 0.4) is 0 Å². The van der Waals surface area contributed by atoms with E-state index < -0.39 is 15.9 Å². The molecule has 4 aromatic rings. The summed E-state index contributed by atoms with van der Waals surface area (Å²) in [7, 11) is -3.90. The molecule has 2 aromatic heterocycles. The smallest absolute Gasteiger partial charge is 0.271 e. The summed E-state index contributed by atoms with van der Waals surface area (Å²) in [6.45, 7) is 0. The van der Waals surface area contributed by atoms with E-state index >= 15 is 0 Å². The number of hydrazone groups is 1. The average molecular weight is 494 g/mol. The van der Waals surface area contributed by atoms with Crippen molar-refractivity contribution in [1.82, 2.24) is 14.8 Å². The number of fused-ring (bicyclic) bond motifs is 1. The molecule has 4 rings (SSSR count). The molecule has 0 atom stereocenters. The molecule has 2 heterocycles. The van der Waals surface area contributed by atoms with Crippen LogP contribution in [0.4, 0.5) is 5.69 Å². The van der Waals surface area contributed by atoms with Gasteiger partial charge in [0, 0.05) is 27.9 Å². The first-order chi connectivity index (χ1) is 14.8. The van der Waals surface area contributed by atoms with E-state index in [-0.39, 0.29) is 15.6 Å². The minimum absolute atomic E-state index is 0.0714. The van der Waals surface area contributed by atoms with Crippen LogP contribution in [0.15, 0.2) is 70.1 Å². The van der Waals surface area contributed by atoms with Crippen LogP contribution in [0.5, 0.6) is 0 Å². The number of aromatic nitrogens is 2. The summed E-state index contributed by atoms with van der Waals surface area (Å²) in [6, 6.07) is 11.8. The zero-order valence-corrected chi connectivity index (χ0v) is 18.6. The van der Waals surface area contributed by atoms with E-state index in [2.05, 4.69) is 20.2 Å². The number of thiazole rings is 1. The Morgan fingerprint density at radius 2 is 1.94 bits per heavy atom. The predicted octanol–water partition coefficient (Wildman–Crippen LogP) is 4.27. The Morgan fingerprint density at radius 1 is 1.16 bits per heavy atom. The Bertz CT molecular complexity index is 1400. The maximum absolute atomic E-state index is 12.6. The number of benzene rings is 2. The summed E-state index contributed by atoms with van der Waals surface area (Å²) < 4.78 is 29.5. The third-order valence-corrected chi connectivity index (χ3v) is 6.78. The van der Waals surface area contributed by atoms with Crippen LogP contribution in [0.2, 0.25) is 10.2 Å². The number of nitrogens with one attached hydrogen (secondary N) is 2. The van der Waals surface area contributed by atoms with E-state index in [1.807, 2.05) is 5.38 Å². The first-order valence-corrected chi connectivity index (χ1v) is 11.8. The van der Waals surface area contributed by atoms with Crippen LogP contribution in [0.25, 0.3) is 4.96 Å². The number of amides is 1. The number of hydrogen-bond acceptors (Lipinski definition) is 6. The normalized spacial score (nSPS) is 11.8. The van der Waals surface area contributed by atoms with Gasteiger partial charge in [-0.05, 0) is 42.5 Å². The largest absolute Gasteiger partial charge is 0.288 e. The topological polar surface area (TPSA) is 105 Å². The zero-order valence-electron chi connectivity index (χ0n) is 15.5. The molecule has 12 heteroatoms. The maximum atomic E-state index is 12.6. The fourth-order valence-corrected chi connectivity index (χ4v) is 4.87. The lowest BCUT2D eigenvalue weighted by atomic mass is 10.2. The Morgan fingerprint density at radius 3 is 2.71 bits per heavy atom. The van der Waals surface area contributed by atoms with E-state index in [1.165, 1.54) is 53.9 Å². The van der Waals surface area contributed by atoms with Crippen molar-refractivity contribution in [2.24, 2.45) is 5.10 Å². The number of hydrogen-bond donors (Lipinski definition) is 2. The van der Waals surface area contributed by atoms with Crippen LogP contribution < -0.4 is 10.1 Å². The molecule has 31 heavy (non-hydrogen) atoms. The van der Waals surface area contributed by atoms with Crippen molar-refractivity contribution >= 4 is 67.3 Å². The summed E-state index contributed by atoms with van der Waals surface area (Å²) in [6.07, 6.45) is 3.15. The molecule has 0 aliphatic carbocycles. The molecule has 0 radical (unpaired) electrons. The number of carbonyl (C=O) groups is 1.